The van der Waals surface area contributed by atoms with Gasteiger partial charge < -0.3 is 19.7 Å². The molecule has 1 heterocycles. The second kappa shape index (κ2) is 5.85. The van der Waals surface area contributed by atoms with Crippen molar-refractivity contribution in [2.24, 2.45) is 4.99 Å². The molecule has 7 heteroatoms. The van der Waals surface area contributed by atoms with E-state index in [1.54, 1.807) is 13.0 Å². The number of phenols is 1. The van der Waals surface area contributed by atoms with Gasteiger partial charge in [-0.05, 0) is 13.0 Å². The van der Waals surface area contributed by atoms with Crippen molar-refractivity contribution in [3.05, 3.63) is 17.7 Å². The van der Waals surface area contributed by atoms with Crippen LogP contribution < -0.4 is 9.47 Å². The molecule has 114 valence electrons. The number of thioether (sulfide) groups is 1. The van der Waals surface area contributed by atoms with E-state index in [4.69, 9.17) is 9.47 Å². The molecule has 2 N–H and O–H groups in total. The van der Waals surface area contributed by atoms with E-state index >= 15 is 0 Å². The lowest BCUT2D eigenvalue weighted by Crippen LogP contribution is -2.40. The molecule has 6 nitrogen and oxygen atoms in total. The fourth-order valence-electron chi connectivity index (χ4n) is 2.06. The smallest absolute Gasteiger partial charge is 0.332 e. The van der Waals surface area contributed by atoms with Crippen LogP contribution in [0.5, 0.6) is 17.2 Å². The predicted octanol–water partition coefficient (Wildman–Crippen LogP) is 1.79. The SMILES string of the molecule is COc1cc(O)c(C2=N[C@@](C)(C(=O)O)CSC2)cc1OC. The molecule has 0 saturated heterocycles. The summed E-state index contributed by atoms with van der Waals surface area (Å²) >= 11 is 1.47. The lowest BCUT2D eigenvalue weighted by molar-refractivity contribution is -0.141. The molecule has 1 aromatic carbocycles. The number of aliphatic imine (C=N–C) groups is 1. The summed E-state index contributed by atoms with van der Waals surface area (Å²) in [5, 5.41) is 19.4. The van der Waals surface area contributed by atoms with E-state index in [9.17, 15) is 15.0 Å². The fraction of sp³-hybridized carbons (Fsp3) is 0.429. The van der Waals surface area contributed by atoms with Crippen molar-refractivity contribution in [2.75, 3.05) is 25.7 Å². The number of ether oxygens (including phenoxy) is 2. The molecule has 0 amide bonds. The molecule has 0 radical (unpaired) electrons. The lowest BCUT2D eigenvalue weighted by atomic mass is 10.0. The Morgan fingerprint density at radius 3 is 2.52 bits per heavy atom. The summed E-state index contributed by atoms with van der Waals surface area (Å²) in [7, 11) is 2.98. The van der Waals surface area contributed by atoms with Crippen molar-refractivity contribution in [3.8, 4) is 17.2 Å². The summed E-state index contributed by atoms with van der Waals surface area (Å²) in [5.74, 6) is 0.810. The van der Waals surface area contributed by atoms with E-state index in [1.807, 2.05) is 0 Å². The maximum Gasteiger partial charge on any atom is 0.332 e. The number of rotatable bonds is 4. The van der Waals surface area contributed by atoms with Gasteiger partial charge in [0.15, 0.2) is 17.0 Å². The van der Waals surface area contributed by atoms with Crippen LogP contribution in [0.4, 0.5) is 0 Å². The quantitative estimate of drug-likeness (QED) is 0.881. The average molecular weight is 311 g/mol. The highest BCUT2D eigenvalue weighted by Crippen LogP contribution is 2.36. The monoisotopic (exact) mass is 311 g/mol. The summed E-state index contributed by atoms with van der Waals surface area (Å²) in [5.41, 5.74) is -0.181. The van der Waals surface area contributed by atoms with Crippen LogP contribution in [0, 0.1) is 0 Å². The molecule has 0 aromatic heterocycles. The van der Waals surface area contributed by atoms with Gasteiger partial charge in [-0.25, -0.2) is 4.79 Å². The van der Waals surface area contributed by atoms with Gasteiger partial charge in [0.25, 0.3) is 0 Å². The minimum atomic E-state index is -1.18. The van der Waals surface area contributed by atoms with E-state index in [0.717, 1.165) is 0 Å². The molecular weight excluding hydrogens is 294 g/mol. The first-order chi connectivity index (χ1) is 9.91. The first kappa shape index (κ1) is 15.5. The van der Waals surface area contributed by atoms with E-state index in [-0.39, 0.29) is 5.75 Å². The molecule has 0 aliphatic carbocycles. The fourth-order valence-corrected chi connectivity index (χ4v) is 3.16. The van der Waals surface area contributed by atoms with Crippen LogP contribution in [-0.4, -0.2) is 53.2 Å². The summed E-state index contributed by atoms with van der Waals surface area (Å²) < 4.78 is 10.3. The van der Waals surface area contributed by atoms with Crippen LogP contribution in [0.15, 0.2) is 17.1 Å². The van der Waals surface area contributed by atoms with Crippen LogP contribution >= 0.6 is 11.8 Å². The Balaban J connectivity index is 2.51. The van der Waals surface area contributed by atoms with Crippen molar-refractivity contribution in [1.29, 1.82) is 0 Å². The second-order valence-electron chi connectivity index (χ2n) is 4.85. The predicted molar refractivity (Wildman–Crippen MR) is 81.1 cm³/mol. The Morgan fingerprint density at radius 2 is 1.95 bits per heavy atom. The molecule has 1 atom stereocenters. The van der Waals surface area contributed by atoms with Gasteiger partial charge in [-0.3, -0.25) is 4.99 Å². The zero-order valence-electron chi connectivity index (χ0n) is 12.0. The van der Waals surface area contributed by atoms with Crippen molar-refractivity contribution in [1.82, 2.24) is 0 Å². The maximum absolute atomic E-state index is 11.3. The molecule has 0 bridgehead atoms. The average Bonchev–Trinajstić information content (AvgIpc) is 2.46. The zero-order valence-corrected chi connectivity index (χ0v) is 12.9. The Labute approximate surface area is 126 Å². The number of aliphatic carboxylic acids is 1. The Hall–Kier alpha value is -1.89. The molecular formula is C14H17NO5S. The van der Waals surface area contributed by atoms with Gasteiger partial charge in [-0.15, -0.1) is 0 Å². The first-order valence-corrected chi connectivity index (χ1v) is 7.42. The highest BCUT2D eigenvalue weighted by Gasteiger charge is 2.36. The minimum absolute atomic E-state index is 0.0124. The zero-order chi connectivity index (χ0) is 15.6. The van der Waals surface area contributed by atoms with E-state index in [2.05, 4.69) is 4.99 Å². The molecule has 0 saturated carbocycles. The Morgan fingerprint density at radius 1 is 1.33 bits per heavy atom. The summed E-state index contributed by atoms with van der Waals surface area (Å²) in [6.45, 7) is 1.57. The first-order valence-electron chi connectivity index (χ1n) is 6.26. The number of carboxylic acids is 1. The van der Waals surface area contributed by atoms with Crippen molar-refractivity contribution < 1.29 is 24.5 Å². The largest absolute Gasteiger partial charge is 0.507 e. The molecule has 1 aromatic rings. The van der Waals surface area contributed by atoms with E-state index < -0.39 is 11.5 Å². The third-order valence-electron chi connectivity index (χ3n) is 3.28. The summed E-state index contributed by atoms with van der Waals surface area (Å²) in [4.78, 5) is 15.6. The summed E-state index contributed by atoms with van der Waals surface area (Å²) in [6.07, 6.45) is 0. The maximum atomic E-state index is 11.3. The Kier molecular flexibility index (Phi) is 4.32. The van der Waals surface area contributed by atoms with Gasteiger partial charge in [-0.1, -0.05) is 0 Å². The van der Waals surface area contributed by atoms with Gasteiger partial charge in [0, 0.05) is 23.1 Å². The van der Waals surface area contributed by atoms with Gasteiger partial charge in [0.2, 0.25) is 0 Å². The van der Waals surface area contributed by atoms with E-state index in [0.29, 0.717) is 34.3 Å². The number of phenolic OH excluding ortho intramolecular Hbond substituents is 1. The number of carboxylic acid groups (broad SMARTS) is 1. The topological polar surface area (TPSA) is 88.4 Å². The molecule has 0 fully saturated rings. The molecule has 2 rings (SSSR count). The third-order valence-corrected chi connectivity index (χ3v) is 4.52. The normalized spacial score (nSPS) is 21.6. The van der Waals surface area contributed by atoms with Gasteiger partial charge >= 0.3 is 5.97 Å². The second-order valence-corrected chi connectivity index (χ2v) is 5.84. The standard InChI is InChI=1S/C14H17NO5S/c1-14(13(17)18)7-21-6-9(15-14)8-4-11(19-2)12(20-3)5-10(8)16/h4-5,16H,6-7H2,1-3H3,(H,17,18)/t14-/m1/s1. The number of hydrogen-bond acceptors (Lipinski definition) is 6. The molecule has 0 unspecified atom stereocenters. The number of aromatic hydroxyl groups is 1. The highest BCUT2D eigenvalue weighted by molar-refractivity contribution is 8.00. The molecule has 0 spiro atoms. The third kappa shape index (κ3) is 2.92. The molecule has 1 aliphatic rings. The minimum Gasteiger partial charge on any atom is -0.507 e. The van der Waals surface area contributed by atoms with Crippen LogP contribution in [0.25, 0.3) is 0 Å². The number of carbonyl (C=O) groups is 1. The van der Waals surface area contributed by atoms with Crippen LogP contribution in [0.1, 0.15) is 12.5 Å². The van der Waals surface area contributed by atoms with Gasteiger partial charge in [0.05, 0.1) is 19.9 Å². The molecule has 21 heavy (non-hydrogen) atoms. The van der Waals surface area contributed by atoms with Crippen LogP contribution in [0.2, 0.25) is 0 Å². The lowest BCUT2D eigenvalue weighted by Gasteiger charge is -2.26. The Bertz CT molecular complexity index is 601. The number of hydrogen-bond donors (Lipinski definition) is 2. The number of methoxy groups -OCH3 is 2. The van der Waals surface area contributed by atoms with E-state index in [1.165, 1.54) is 32.0 Å². The number of benzene rings is 1. The van der Waals surface area contributed by atoms with Crippen molar-refractivity contribution in [2.45, 2.75) is 12.5 Å². The van der Waals surface area contributed by atoms with Gasteiger partial charge in [-0.2, -0.15) is 11.8 Å². The molecule has 1 aliphatic heterocycles. The van der Waals surface area contributed by atoms with Crippen molar-refractivity contribution in [3.63, 3.8) is 0 Å². The van der Waals surface area contributed by atoms with Crippen LogP contribution in [0.3, 0.4) is 0 Å². The highest BCUT2D eigenvalue weighted by atomic mass is 32.2. The number of nitrogens with zero attached hydrogens (tertiary/aromatic N) is 1. The van der Waals surface area contributed by atoms with Gasteiger partial charge in [0.1, 0.15) is 5.75 Å². The van der Waals surface area contributed by atoms with Crippen molar-refractivity contribution >= 4 is 23.4 Å². The summed E-state index contributed by atoms with van der Waals surface area (Å²) in [6, 6.07) is 3.05. The van der Waals surface area contributed by atoms with Crippen LogP contribution in [-0.2, 0) is 4.79 Å².